The number of hydrogen-bond acceptors (Lipinski definition) is 10. The Balaban J connectivity index is 1.39. The molecule has 12 nitrogen and oxygen atoms in total. The number of nitro groups is 1. The molecule has 2 aliphatic heterocycles. The van der Waals surface area contributed by atoms with E-state index in [0.29, 0.717) is 23.1 Å². The zero-order valence-electron chi connectivity index (χ0n) is 21.8. The fraction of sp³-hybridized carbons (Fsp3) is 0.172. The second kappa shape index (κ2) is 12.6. The monoisotopic (exact) mass is 589 g/mol. The summed E-state index contributed by atoms with van der Waals surface area (Å²) in [6.07, 6.45) is -1.48. The molecule has 1 N–H and O–H groups in total. The van der Waals surface area contributed by atoms with Crippen LogP contribution >= 0.6 is 11.8 Å². The largest absolute Gasteiger partial charge is 0.514 e. The molecule has 5 rings (SSSR count). The van der Waals surface area contributed by atoms with Gasteiger partial charge < -0.3 is 19.5 Å². The Morgan fingerprint density at radius 3 is 2.21 bits per heavy atom. The Hall–Kier alpha value is -5.17. The Morgan fingerprint density at radius 1 is 1.02 bits per heavy atom. The van der Waals surface area contributed by atoms with Gasteiger partial charge in [0.2, 0.25) is 6.41 Å². The van der Waals surface area contributed by atoms with Gasteiger partial charge in [-0.3, -0.25) is 24.6 Å². The number of amides is 2. The summed E-state index contributed by atoms with van der Waals surface area (Å²) in [7, 11) is 0. The van der Waals surface area contributed by atoms with E-state index in [2.05, 4.69) is 5.32 Å². The zero-order chi connectivity index (χ0) is 29.6. The Bertz CT molecular complexity index is 1490. The van der Waals surface area contributed by atoms with Crippen molar-refractivity contribution in [2.45, 2.75) is 17.5 Å². The third kappa shape index (κ3) is 5.95. The Kier molecular flexibility index (Phi) is 8.48. The van der Waals surface area contributed by atoms with Crippen molar-refractivity contribution in [3.05, 3.63) is 117 Å². The maximum atomic E-state index is 13.8. The molecule has 0 aromatic heterocycles. The van der Waals surface area contributed by atoms with Crippen LogP contribution in [0.2, 0.25) is 0 Å². The topological polar surface area (TPSA) is 154 Å². The van der Waals surface area contributed by atoms with Crippen LogP contribution in [0.4, 0.5) is 10.5 Å². The van der Waals surface area contributed by atoms with E-state index in [0.717, 1.165) is 0 Å². The molecule has 2 amide bonds. The molecule has 0 bridgehead atoms. The van der Waals surface area contributed by atoms with Crippen LogP contribution in [-0.4, -0.2) is 58.0 Å². The number of hydrogen-bond donors (Lipinski definition) is 1. The number of nitro benzene ring substituents is 1. The van der Waals surface area contributed by atoms with Gasteiger partial charge in [0.25, 0.3) is 11.6 Å². The normalized spacial score (nSPS) is 17.5. The molecular weight excluding hydrogens is 566 g/mol. The molecule has 1 unspecified atom stereocenters. The standard InChI is InChI=1S/C29H23N3O9S/c33-17-30-23-26(34)31-24(28(35)41-25(18-7-3-1-4-8-18)19-9-5-2-6-10-19)20(16-42-27(23)31)15-39-29(36)40-22-13-11-21(12-14-22)32(37)38/h1-14,17,23,25,27H,15-16H2,(H,30,33)/t23?,27-/m0/s1. The van der Waals surface area contributed by atoms with Gasteiger partial charge in [-0.2, -0.15) is 0 Å². The summed E-state index contributed by atoms with van der Waals surface area (Å²) in [6.45, 7) is -0.396. The zero-order valence-corrected chi connectivity index (χ0v) is 22.6. The molecule has 214 valence electrons. The molecule has 13 heteroatoms. The average molecular weight is 590 g/mol. The summed E-state index contributed by atoms with van der Waals surface area (Å²) >= 11 is 1.29. The van der Waals surface area contributed by atoms with E-state index in [9.17, 15) is 29.3 Å². The van der Waals surface area contributed by atoms with Gasteiger partial charge in [-0.25, -0.2) is 9.59 Å². The lowest BCUT2D eigenvalue weighted by molar-refractivity contribution is -0.384. The first-order chi connectivity index (χ1) is 20.4. The Labute approximate surface area is 243 Å². The van der Waals surface area contributed by atoms with E-state index >= 15 is 0 Å². The van der Waals surface area contributed by atoms with Crippen LogP contribution in [0.5, 0.6) is 5.75 Å². The van der Waals surface area contributed by atoms with Crippen LogP contribution in [0, 0.1) is 10.1 Å². The predicted molar refractivity (Wildman–Crippen MR) is 149 cm³/mol. The van der Waals surface area contributed by atoms with Crippen molar-refractivity contribution in [2.24, 2.45) is 0 Å². The summed E-state index contributed by atoms with van der Waals surface area (Å²) in [5.74, 6) is -1.10. The fourth-order valence-corrected chi connectivity index (χ4v) is 5.87. The van der Waals surface area contributed by atoms with Gasteiger partial charge in [-0.15, -0.1) is 11.8 Å². The number of nitrogens with one attached hydrogen (secondary N) is 1. The molecular formula is C29H23N3O9S. The van der Waals surface area contributed by atoms with Crippen LogP contribution in [0.15, 0.2) is 96.2 Å². The van der Waals surface area contributed by atoms with Gasteiger partial charge in [-0.1, -0.05) is 60.7 Å². The maximum Gasteiger partial charge on any atom is 0.514 e. The number of carbonyl (C=O) groups excluding carboxylic acids is 4. The van der Waals surface area contributed by atoms with Gasteiger partial charge in [-0.05, 0) is 23.3 Å². The molecule has 2 heterocycles. The highest BCUT2D eigenvalue weighted by atomic mass is 32.2. The second-order valence-electron chi connectivity index (χ2n) is 9.12. The first-order valence-electron chi connectivity index (χ1n) is 12.6. The van der Waals surface area contributed by atoms with Crippen molar-refractivity contribution in [1.29, 1.82) is 0 Å². The second-order valence-corrected chi connectivity index (χ2v) is 10.2. The molecule has 0 aliphatic carbocycles. The average Bonchev–Trinajstić information content (AvgIpc) is 3.02. The molecule has 3 aromatic carbocycles. The van der Waals surface area contributed by atoms with Gasteiger partial charge in [0.1, 0.15) is 29.5 Å². The third-order valence-electron chi connectivity index (χ3n) is 6.53. The number of thioether (sulfide) groups is 1. The minimum Gasteiger partial charge on any atom is -0.448 e. The van der Waals surface area contributed by atoms with Crippen molar-refractivity contribution in [2.75, 3.05) is 12.4 Å². The SMILES string of the molecule is O=CNC1C(=O)N2C(C(=O)OC(c3ccccc3)c3ccccc3)=C(COC(=O)Oc3ccc([N+](=O)[O-])cc3)CS[C@@H]12. The molecule has 1 saturated heterocycles. The van der Waals surface area contributed by atoms with Crippen LogP contribution in [0.3, 0.4) is 0 Å². The number of ether oxygens (including phenoxy) is 3. The molecule has 2 atom stereocenters. The van der Waals surface area contributed by atoms with Gasteiger partial charge in [0.15, 0.2) is 6.10 Å². The highest BCUT2D eigenvalue weighted by Gasteiger charge is 2.54. The van der Waals surface area contributed by atoms with Crippen molar-refractivity contribution < 1.29 is 38.3 Å². The number of esters is 1. The quantitative estimate of drug-likeness (QED) is 0.0924. The van der Waals surface area contributed by atoms with Crippen LogP contribution in [0.25, 0.3) is 0 Å². The van der Waals surface area contributed by atoms with Gasteiger partial charge >= 0.3 is 12.1 Å². The van der Waals surface area contributed by atoms with Crippen molar-refractivity contribution in [3.63, 3.8) is 0 Å². The van der Waals surface area contributed by atoms with E-state index < -0.39 is 47.1 Å². The number of nitrogens with zero attached hydrogens (tertiary/aromatic N) is 2. The van der Waals surface area contributed by atoms with E-state index in [1.165, 1.54) is 40.9 Å². The van der Waals surface area contributed by atoms with E-state index in [1.54, 1.807) is 0 Å². The summed E-state index contributed by atoms with van der Waals surface area (Å²) in [5, 5.41) is 12.8. The molecule has 0 saturated carbocycles. The number of β-lactam (4-membered cyclic amide) rings is 1. The minimum absolute atomic E-state index is 0.0200. The highest BCUT2D eigenvalue weighted by molar-refractivity contribution is 8.00. The van der Waals surface area contributed by atoms with Crippen molar-refractivity contribution >= 4 is 41.9 Å². The van der Waals surface area contributed by atoms with E-state index in [1.807, 2.05) is 60.7 Å². The smallest absolute Gasteiger partial charge is 0.448 e. The lowest BCUT2D eigenvalue weighted by Gasteiger charge is -2.49. The first kappa shape index (κ1) is 28.4. The maximum absolute atomic E-state index is 13.8. The Morgan fingerprint density at radius 2 is 1.64 bits per heavy atom. The molecule has 0 spiro atoms. The summed E-state index contributed by atoms with van der Waals surface area (Å²) in [5.41, 5.74) is 1.47. The van der Waals surface area contributed by atoms with Crippen molar-refractivity contribution in [1.82, 2.24) is 10.2 Å². The third-order valence-corrected chi connectivity index (χ3v) is 7.87. The van der Waals surface area contributed by atoms with Crippen LogP contribution < -0.4 is 10.1 Å². The summed E-state index contributed by atoms with van der Waals surface area (Å²) in [6, 6.07) is 22.2. The van der Waals surface area contributed by atoms with Gasteiger partial charge in [0.05, 0.1) is 4.92 Å². The summed E-state index contributed by atoms with van der Waals surface area (Å²) < 4.78 is 16.3. The van der Waals surface area contributed by atoms with Crippen molar-refractivity contribution in [3.8, 4) is 5.75 Å². The number of fused-ring (bicyclic) bond motifs is 1. The molecule has 42 heavy (non-hydrogen) atoms. The number of rotatable bonds is 10. The van der Waals surface area contributed by atoms with Crippen LogP contribution in [0.1, 0.15) is 17.2 Å². The first-order valence-corrected chi connectivity index (χ1v) is 13.7. The number of benzene rings is 3. The number of carbonyl (C=O) groups is 4. The fourth-order valence-electron chi connectivity index (χ4n) is 4.53. The molecule has 2 aliphatic rings. The van der Waals surface area contributed by atoms with E-state index in [4.69, 9.17) is 14.2 Å². The van der Waals surface area contributed by atoms with E-state index in [-0.39, 0.29) is 22.9 Å². The number of non-ortho nitro benzene ring substituents is 1. The predicted octanol–water partition coefficient (Wildman–Crippen LogP) is 3.73. The highest BCUT2D eigenvalue weighted by Crippen LogP contribution is 2.41. The lowest BCUT2D eigenvalue weighted by atomic mass is 10.0. The van der Waals surface area contributed by atoms with Gasteiger partial charge in [0, 0.05) is 23.5 Å². The molecule has 1 fully saturated rings. The lowest BCUT2D eigenvalue weighted by Crippen LogP contribution is -2.69. The minimum atomic E-state index is -1.11. The molecule has 3 aromatic rings. The summed E-state index contributed by atoms with van der Waals surface area (Å²) in [4.78, 5) is 61.7. The van der Waals surface area contributed by atoms with Crippen LogP contribution in [-0.2, 0) is 23.9 Å². The molecule has 0 radical (unpaired) electrons.